The van der Waals surface area contributed by atoms with Crippen molar-refractivity contribution in [1.82, 2.24) is 9.78 Å². The molecule has 1 atom stereocenters. The van der Waals surface area contributed by atoms with E-state index in [1.165, 1.54) is 6.92 Å². The fourth-order valence-electron chi connectivity index (χ4n) is 2.35. The molecule has 1 unspecified atom stereocenters. The Morgan fingerprint density at radius 3 is 2.60 bits per heavy atom. The van der Waals surface area contributed by atoms with Crippen LogP contribution in [0.2, 0.25) is 0 Å². The van der Waals surface area contributed by atoms with Gasteiger partial charge in [0.25, 0.3) is 0 Å². The zero-order valence-corrected chi connectivity index (χ0v) is 15.0. The van der Waals surface area contributed by atoms with E-state index in [4.69, 9.17) is 4.74 Å². The van der Waals surface area contributed by atoms with Crippen molar-refractivity contribution in [2.45, 2.75) is 46.1 Å². The molecule has 0 bridgehead atoms. The summed E-state index contributed by atoms with van der Waals surface area (Å²) in [6.07, 6.45) is 3.62. The Labute approximate surface area is 148 Å². The summed E-state index contributed by atoms with van der Waals surface area (Å²) in [4.78, 5) is 23.3. The lowest BCUT2D eigenvalue weighted by Crippen LogP contribution is -2.17. The number of benzene rings is 1. The summed E-state index contributed by atoms with van der Waals surface area (Å²) >= 11 is 0. The Bertz CT molecular complexity index is 707. The molecule has 1 heterocycles. The molecule has 0 aliphatic carbocycles. The van der Waals surface area contributed by atoms with Gasteiger partial charge < -0.3 is 10.1 Å². The van der Waals surface area contributed by atoms with Crippen LogP contribution in [0.4, 0.5) is 5.82 Å². The third-order valence-electron chi connectivity index (χ3n) is 4.02. The second kappa shape index (κ2) is 9.01. The molecule has 1 aromatic carbocycles. The molecule has 0 spiro atoms. The summed E-state index contributed by atoms with van der Waals surface area (Å²) in [7, 11) is 0. The number of nitrogens with zero attached hydrogens (tertiary/aromatic N) is 2. The number of hydrogen-bond acceptors (Lipinski definition) is 4. The van der Waals surface area contributed by atoms with Crippen molar-refractivity contribution in [3.05, 3.63) is 42.1 Å². The molecule has 0 aliphatic heterocycles. The third-order valence-corrected chi connectivity index (χ3v) is 4.02. The van der Waals surface area contributed by atoms with Gasteiger partial charge >= 0.3 is 0 Å². The fourth-order valence-corrected chi connectivity index (χ4v) is 2.35. The molecule has 25 heavy (non-hydrogen) atoms. The van der Waals surface area contributed by atoms with Crippen molar-refractivity contribution in [1.29, 1.82) is 0 Å². The van der Waals surface area contributed by atoms with Gasteiger partial charge in [-0.1, -0.05) is 6.92 Å². The molecule has 0 aliphatic rings. The molecule has 6 heteroatoms. The van der Waals surface area contributed by atoms with E-state index in [0.29, 0.717) is 30.8 Å². The smallest absolute Gasteiger partial charge is 0.225 e. The van der Waals surface area contributed by atoms with Crippen molar-refractivity contribution in [3.63, 3.8) is 0 Å². The minimum Gasteiger partial charge on any atom is -0.494 e. The average Bonchev–Trinajstić information content (AvgIpc) is 3.06. The highest BCUT2D eigenvalue weighted by Gasteiger charge is 2.11. The zero-order chi connectivity index (χ0) is 18.2. The maximum atomic E-state index is 12.1. The lowest BCUT2D eigenvalue weighted by Gasteiger charge is -2.14. The zero-order valence-electron chi connectivity index (χ0n) is 15.0. The van der Waals surface area contributed by atoms with E-state index in [1.807, 2.05) is 4.68 Å². The lowest BCUT2D eigenvalue weighted by molar-refractivity contribution is -0.116. The molecule has 2 rings (SSSR count). The van der Waals surface area contributed by atoms with E-state index in [2.05, 4.69) is 24.3 Å². The van der Waals surface area contributed by atoms with Gasteiger partial charge in [0.05, 0.1) is 18.8 Å². The quantitative estimate of drug-likeness (QED) is 0.554. The van der Waals surface area contributed by atoms with E-state index >= 15 is 0 Å². The maximum Gasteiger partial charge on any atom is 0.225 e. The molecule has 1 aromatic heterocycles. The van der Waals surface area contributed by atoms with Gasteiger partial charge in [0.15, 0.2) is 5.78 Å². The summed E-state index contributed by atoms with van der Waals surface area (Å²) in [5.41, 5.74) is 0.657. The Morgan fingerprint density at radius 2 is 1.96 bits per heavy atom. The van der Waals surface area contributed by atoms with Crippen LogP contribution in [0.1, 0.15) is 56.4 Å². The number of ketones is 1. The lowest BCUT2D eigenvalue weighted by atomic mass is 10.1. The van der Waals surface area contributed by atoms with Gasteiger partial charge in [-0.05, 0) is 51.0 Å². The summed E-state index contributed by atoms with van der Waals surface area (Å²) < 4.78 is 7.42. The maximum absolute atomic E-state index is 12.1. The van der Waals surface area contributed by atoms with Crippen molar-refractivity contribution in [3.8, 4) is 5.75 Å². The van der Waals surface area contributed by atoms with Gasteiger partial charge in [-0.15, -0.1) is 0 Å². The third kappa shape index (κ3) is 5.45. The second-order valence-corrected chi connectivity index (χ2v) is 6.00. The van der Waals surface area contributed by atoms with Gasteiger partial charge in [0, 0.05) is 18.1 Å². The van der Waals surface area contributed by atoms with Crippen LogP contribution >= 0.6 is 0 Å². The number of Topliss-reactive ketones (excluding diaryl/α,β-unsaturated/α-hetero) is 1. The largest absolute Gasteiger partial charge is 0.494 e. The van der Waals surface area contributed by atoms with E-state index < -0.39 is 0 Å². The van der Waals surface area contributed by atoms with Crippen LogP contribution in [0.25, 0.3) is 0 Å². The summed E-state index contributed by atoms with van der Waals surface area (Å²) in [5, 5.41) is 7.14. The number of rotatable bonds is 9. The number of amides is 1. The number of ether oxygens (including phenoxy) is 1. The van der Waals surface area contributed by atoms with Crippen LogP contribution in [-0.2, 0) is 4.79 Å². The highest BCUT2D eigenvalue weighted by Crippen LogP contribution is 2.17. The molecule has 1 amide bonds. The van der Waals surface area contributed by atoms with Gasteiger partial charge in [0.1, 0.15) is 11.6 Å². The van der Waals surface area contributed by atoms with Crippen LogP contribution in [0.5, 0.6) is 5.75 Å². The molecule has 0 saturated heterocycles. The molecular weight excluding hydrogens is 318 g/mol. The standard InChI is InChI=1S/C19H25N3O3/c1-4-14(2)22-18(11-12-20-22)21-19(24)6-5-13-25-17-9-7-16(8-10-17)15(3)23/h7-12,14H,4-6,13H2,1-3H3,(H,21,24). The van der Waals surface area contributed by atoms with Gasteiger partial charge in [-0.25, -0.2) is 4.68 Å². The van der Waals surface area contributed by atoms with Crippen LogP contribution < -0.4 is 10.1 Å². The first-order valence-electron chi connectivity index (χ1n) is 8.58. The van der Waals surface area contributed by atoms with Crippen molar-refractivity contribution < 1.29 is 14.3 Å². The van der Waals surface area contributed by atoms with Gasteiger partial charge in [-0.3, -0.25) is 9.59 Å². The number of hydrogen-bond donors (Lipinski definition) is 1. The van der Waals surface area contributed by atoms with Crippen LogP contribution in [-0.4, -0.2) is 28.1 Å². The summed E-state index contributed by atoms with van der Waals surface area (Å²) in [6.45, 7) is 6.12. The highest BCUT2D eigenvalue weighted by molar-refractivity contribution is 5.94. The topological polar surface area (TPSA) is 73.2 Å². The monoisotopic (exact) mass is 343 g/mol. The minimum absolute atomic E-state index is 0.0276. The van der Waals surface area contributed by atoms with Crippen molar-refractivity contribution in [2.75, 3.05) is 11.9 Å². The molecule has 0 fully saturated rings. The van der Waals surface area contributed by atoms with E-state index in [9.17, 15) is 9.59 Å². The predicted molar refractivity (Wildman–Crippen MR) is 97.0 cm³/mol. The summed E-state index contributed by atoms with van der Waals surface area (Å²) in [5.74, 6) is 1.39. The fraction of sp³-hybridized carbons (Fsp3) is 0.421. The first kappa shape index (κ1) is 18.7. The van der Waals surface area contributed by atoms with Crippen molar-refractivity contribution >= 4 is 17.5 Å². The number of anilines is 1. The highest BCUT2D eigenvalue weighted by atomic mass is 16.5. The van der Waals surface area contributed by atoms with Crippen LogP contribution in [0, 0.1) is 0 Å². The second-order valence-electron chi connectivity index (χ2n) is 6.00. The normalized spacial score (nSPS) is 11.8. The van der Waals surface area contributed by atoms with Crippen molar-refractivity contribution in [2.24, 2.45) is 0 Å². The number of aromatic nitrogens is 2. The van der Waals surface area contributed by atoms with Gasteiger partial charge in [0.2, 0.25) is 5.91 Å². The molecule has 6 nitrogen and oxygen atoms in total. The minimum atomic E-state index is -0.0550. The Kier molecular flexibility index (Phi) is 6.74. The first-order valence-corrected chi connectivity index (χ1v) is 8.58. The van der Waals surface area contributed by atoms with E-state index in [1.54, 1.807) is 36.5 Å². The van der Waals surface area contributed by atoms with Crippen LogP contribution in [0.3, 0.4) is 0 Å². The Balaban J connectivity index is 1.74. The number of carbonyl (C=O) groups is 2. The molecule has 1 N–H and O–H groups in total. The molecule has 0 saturated carbocycles. The van der Waals surface area contributed by atoms with E-state index in [0.717, 1.165) is 12.2 Å². The number of nitrogens with one attached hydrogen (secondary N) is 1. The Morgan fingerprint density at radius 1 is 1.24 bits per heavy atom. The SMILES string of the molecule is CCC(C)n1nccc1NC(=O)CCCOc1ccc(C(C)=O)cc1. The molecule has 0 radical (unpaired) electrons. The van der Waals surface area contributed by atoms with Crippen LogP contribution in [0.15, 0.2) is 36.5 Å². The first-order chi connectivity index (χ1) is 12.0. The average molecular weight is 343 g/mol. The predicted octanol–water partition coefficient (Wildman–Crippen LogP) is 3.85. The van der Waals surface area contributed by atoms with E-state index in [-0.39, 0.29) is 17.7 Å². The summed E-state index contributed by atoms with van der Waals surface area (Å²) in [6, 6.07) is 9.05. The van der Waals surface area contributed by atoms with Gasteiger partial charge in [-0.2, -0.15) is 5.10 Å². The number of carbonyl (C=O) groups excluding carboxylic acids is 2. The Hall–Kier alpha value is -2.63. The molecule has 2 aromatic rings. The molecular formula is C19H25N3O3. The molecule has 134 valence electrons.